The van der Waals surface area contributed by atoms with Crippen LogP contribution in [0.3, 0.4) is 0 Å². The van der Waals surface area contributed by atoms with Crippen LogP contribution in [0, 0.1) is 0 Å². The molecule has 3 heteroatoms. The normalized spacial score (nSPS) is 21.9. The third kappa shape index (κ3) is 1.82. The fraction of sp³-hybridized carbons (Fsp3) is 0.727. The van der Waals surface area contributed by atoms with Gasteiger partial charge in [-0.05, 0) is 12.8 Å². The minimum atomic E-state index is -0.606. The van der Waals surface area contributed by atoms with Crippen molar-refractivity contribution in [1.82, 2.24) is 9.78 Å². The maximum atomic E-state index is 10.5. The highest BCUT2D eigenvalue weighted by molar-refractivity contribution is 5.15. The fourth-order valence-electron chi connectivity index (χ4n) is 2.26. The van der Waals surface area contributed by atoms with Gasteiger partial charge in [0.15, 0.2) is 0 Å². The van der Waals surface area contributed by atoms with E-state index in [4.69, 9.17) is 0 Å². The summed E-state index contributed by atoms with van der Waals surface area (Å²) in [5.41, 5.74) is 0.381. The number of aromatic nitrogens is 2. The summed E-state index contributed by atoms with van der Waals surface area (Å²) < 4.78 is 1.76. The van der Waals surface area contributed by atoms with Gasteiger partial charge in [-0.1, -0.05) is 25.7 Å². The zero-order chi connectivity index (χ0) is 10.0. The summed E-state index contributed by atoms with van der Waals surface area (Å²) in [5, 5.41) is 14.6. The van der Waals surface area contributed by atoms with Gasteiger partial charge in [-0.15, -0.1) is 0 Å². The Kier molecular flexibility index (Phi) is 2.59. The molecule has 0 spiro atoms. The van der Waals surface area contributed by atoms with E-state index in [1.165, 1.54) is 12.8 Å². The van der Waals surface area contributed by atoms with Crippen molar-refractivity contribution in [2.24, 2.45) is 7.05 Å². The number of aliphatic hydroxyl groups is 1. The Morgan fingerprint density at radius 3 is 2.43 bits per heavy atom. The minimum absolute atomic E-state index is 0.606. The van der Waals surface area contributed by atoms with Crippen molar-refractivity contribution in [2.75, 3.05) is 0 Å². The van der Waals surface area contributed by atoms with Crippen molar-refractivity contribution in [3.63, 3.8) is 0 Å². The number of aryl methyl sites for hydroxylation is 1. The summed E-state index contributed by atoms with van der Waals surface area (Å²) in [5.74, 6) is 0. The van der Waals surface area contributed by atoms with Crippen molar-refractivity contribution < 1.29 is 5.11 Å². The molecule has 1 aliphatic carbocycles. The first kappa shape index (κ1) is 9.71. The number of nitrogens with zero attached hydrogens (tertiary/aromatic N) is 2. The van der Waals surface area contributed by atoms with Crippen LogP contribution < -0.4 is 0 Å². The summed E-state index contributed by atoms with van der Waals surface area (Å²) in [6.45, 7) is 0. The van der Waals surface area contributed by atoms with Crippen LogP contribution in [0.15, 0.2) is 12.4 Å². The van der Waals surface area contributed by atoms with Gasteiger partial charge in [0.2, 0.25) is 0 Å². The van der Waals surface area contributed by atoms with Crippen LogP contribution in [0.1, 0.15) is 44.1 Å². The molecule has 14 heavy (non-hydrogen) atoms. The predicted molar refractivity (Wildman–Crippen MR) is 54.8 cm³/mol. The van der Waals surface area contributed by atoms with E-state index in [1.807, 2.05) is 13.2 Å². The van der Waals surface area contributed by atoms with Gasteiger partial charge in [0.25, 0.3) is 0 Å². The Morgan fingerprint density at radius 2 is 1.93 bits per heavy atom. The Balaban J connectivity index is 2.20. The standard InChI is InChI=1S/C11H18N2O/c1-13-9-10(8-12-13)11(14)6-4-2-3-5-7-11/h8-9,14H,2-7H2,1H3. The second-order valence-corrected chi connectivity index (χ2v) is 4.35. The first-order chi connectivity index (χ1) is 6.71. The van der Waals surface area contributed by atoms with Gasteiger partial charge in [-0.25, -0.2) is 0 Å². The molecule has 0 aliphatic heterocycles. The number of hydrogen-bond acceptors (Lipinski definition) is 2. The molecule has 0 amide bonds. The van der Waals surface area contributed by atoms with E-state index < -0.39 is 5.60 Å². The molecule has 2 rings (SSSR count). The molecule has 0 saturated heterocycles. The van der Waals surface area contributed by atoms with Crippen LogP contribution in [0.5, 0.6) is 0 Å². The first-order valence-corrected chi connectivity index (χ1v) is 5.42. The molecular weight excluding hydrogens is 176 g/mol. The molecule has 0 radical (unpaired) electrons. The van der Waals surface area contributed by atoms with Crippen molar-refractivity contribution >= 4 is 0 Å². The lowest BCUT2D eigenvalue weighted by atomic mass is 9.89. The lowest BCUT2D eigenvalue weighted by molar-refractivity contribution is 0.0206. The Morgan fingerprint density at radius 1 is 1.29 bits per heavy atom. The quantitative estimate of drug-likeness (QED) is 0.694. The first-order valence-electron chi connectivity index (χ1n) is 5.42. The maximum absolute atomic E-state index is 10.5. The van der Waals surface area contributed by atoms with Crippen molar-refractivity contribution in [2.45, 2.75) is 44.1 Å². The lowest BCUT2D eigenvalue weighted by Crippen LogP contribution is -2.24. The maximum Gasteiger partial charge on any atom is 0.0926 e. The SMILES string of the molecule is Cn1cc(C2(O)CCCCCC2)cn1. The zero-order valence-corrected chi connectivity index (χ0v) is 8.74. The van der Waals surface area contributed by atoms with Gasteiger partial charge in [0.05, 0.1) is 11.8 Å². The lowest BCUT2D eigenvalue weighted by Gasteiger charge is -2.24. The van der Waals surface area contributed by atoms with Crippen LogP contribution >= 0.6 is 0 Å². The van der Waals surface area contributed by atoms with Crippen LogP contribution in [0.25, 0.3) is 0 Å². The van der Waals surface area contributed by atoms with Crippen LogP contribution in [0.2, 0.25) is 0 Å². The van der Waals surface area contributed by atoms with Crippen LogP contribution in [-0.2, 0) is 12.6 Å². The smallest absolute Gasteiger partial charge is 0.0926 e. The number of rotatable bonds is 1. The minimum Gasteiger partial charge on any atom is -0.385 e. The highest BCUT2D eigenvalue weighted by Crippen LogP contribution is 2.35. The Hall–Kier alpha value is -0.830. The molecule has 0 unspecified atom stereocenters. The molecule has 1 N–H and O–H groups in total. The number of hydrogen-bond donors (Lipinski definition) is 1. The monoisotopic (exact) mass is 194 g/mol. The molecule has 3 nitrogen and oxygen atoms in total. The molecular formula is C11H18N2O. The largest absolute Gasteiger partial charge is 0.385 e. The molecule has 78 valence electrons. The third-order valence-electron chi connectivity index (χ3n) is 3.17. The fourth-order valence-corrected chi connectivity index (χ4v) is 2.26. The summed E-state index contributed by atoms with van der Waals surface area (Å²) in [4.78, 5) is 0. The molecule has 0 atom stereocenters. The van der Waals surface area contributed by atoms with Crippen LogP contribution in [0.4, 0.5) is 0 Å². The molecule has 1 aromatic heterocycles. The van der Waals surface area contributed by atoms with Gasteiger partial charge in [0.1, 0.15) is 0 Å². The molecule has 1 saturated carbocycles. The third-order valence-corrected chi connectivity index (χ3v) is 3.17. The summed E-state index contributed by atoms with van der Waals surface area (Å²) in [7, 11) is 1.89. The Labute approximate surface area is 84.7 Å². The molecule has 1 aliphatic rings. The van der Waals surface area contributed by atoms with Crippen LogP contribution in [-0.4, -0.2) is 14.9 Å². The molecule has 1 fully saturated rings. The summed E-state index contributed by atoms with van der Waals surface area (Å²) in [6.07, 6.45) is 10.3. The topological polar surface area (TPSA) is 38.0 Å². The predicted octanol–water partition coefficient (Wildman–Crippen LogP) is 1.96. The molecule has 0 bridgehead atoms. The van der Waals surface area contributed by atoms with Crippen molar-refractivity contribution in [3.8, 4) is 0 Å². The molecule has 0 aromatic carbocycles. The van der Waals surface area contributed by atoms with E-state index >= 15 is 0 Å². The van der Waals surface area contributed by atoms with E-state index in [1.54, 1.807) is 10.9 Å². The zero-order valence-electron chi connectivity index (χ0n) is 8.74. The van der Waals surface area contributed by atoms with Gasteiger partial charge < -0.3 is 5.11 Å². The average molecular weight is 194 g/mol. The summed E-state index contributed by atoms with van der Waals surface area (Å²) in [6, 6.07) is 0. The Bertz CT molecular complexity index is 298. The van der Waals surface area contributed by atoms with Gasteiger partial charge in [-0.2, -0.15) is 5.10 Å². The van der Waals surface area contributed by atoms with E-state index in [2.05, 4.69) is 5.10 Å². The summed E-state index contributed by atoms with van der Waals surface area (Å²) >= 11 is 0. The average Bonchev–Trinajstić information content (AvgIpc) is 2.47. The highest BCUT2D eigenvalue weighted by Gasteiger charge is 2.30. The second kappa shape index (κ2) is 3.73. The van der Waals surface area contributed by atoms with Gasteiger partial charge >= 0.3 is 0 Å². The van der Waals surface area contributed by atoms with Crippen molar-refractivity contribution in [3.05, 3.63) is 18.0 Å². The van der Waals surface area contributed by atoms with Gasteiger partial charge in [-0.3, -0.25) is 4.68 Å². The van der Waals surface area contributed by atoms with E-state index in [0.29, 0.717) is 0 Å². The second-order valence-electron chi connectivity index (χ2n) is 4.35. The van der Waals surface area contributed by atoms with E-state index in [-0.39, 0.29) is 0 Å². The molecule has 1 aromatic rings. The van der Waals surface area contributed by atoms with E-state index in [0.717, 1.165) is 31.2 Å². The van der Waals surface area contributed by atoms with Gasteiger partial charge in [0, 0.05) is 18.8 Å². The van der Waals surface area contributed by atoms with Crippen molar-refractivity contribution in [1.29, 1.82) is 0 Å². The molecule has 1 heterocycles. The van der Waals surface area contributed by atoms with E-state index in [9.17, 15) is 5.11 Å². The highest BCUT2D eigenvalue weighted by atomic mass is 16.3.